The van der Waals surface area contributed by atoms with Crippen molar-refractivity contribution in [3.8, 4) is 0 Å². The molecule has 0 saturated carbocycles. The number of carboxylic acid groups (broad SMARTS) is 1. The monoisotopic (exact) mass is 251 g/mol. The van der Waals surface area contributed by atoms with Gasteiger partial charge in [-0.3, -0.25) is 9.59 Å². The maximum Gasteiger partial charge on any atom is 0.329 e. The minimum atomic E-state index is -1.43. The summed E-state index contributed by atoms with van der Waals surface area (Å²) in [6, 6.07) is 7.37. The molecule has 0 aliphatic carbocycles. The number of benzene rings is 1. The number of aliphatic carboxylic acids is 1. The number of carboxylic acids is 1. The summed E-state index contributed by atoms with van der Waals surface area (Å²) >= 11 is 1.10. The van der Waals surface area contributed by atoms with Crippen molar-refractivity contribution in [1.82, 2.24) is 0 Å². The van der Waals surface area contributed by atoms with E-state index in [4.69, 9.17) is 0 Å². The topological polar surface area (TPSA) is 57.6 Å². The SMILES string of the molecule is CCN1C(=O)[C@@](C)(C(=O)O)Sc2ccccc21. The average molecular weight is 251 g/mol. The maximum absolute atomic E-state index is 12.2. The fraction of sp³-hybridized carbons (Fsp3) is 0.333. The third-order valence-electron chi connectivity index (χ3n) is 2.85. The van der Waals surface area contributed by atoms with Crippen molar-refractivity contribution in [3.05, 3.63) is 24.3 Å². The van der Waals surface area contributed by atoms with Crippen LogP contribution in [0.2, 0.25) is 0 Å². The Bertz CT molecular complexity index is 488. The lowest BCUT2D eigenvalue weighted by atomic mass is 10.1. The minimum absolute atomic E-state index is 0.365. The van der Waals surface area contributed by atoms with Crippen LogP contribution in [0.3, 0.4) is 0 Å². The van der Waals surface area contributed by atoms with Crippen molar-refractivity contribution < 1.29 is 14.7 Å². The van der Waals surface area contributed by atoms with E-state index in [2.05, 4.69) is 0 Å². The molecule has 1 aliphatic rings. The number of nitrogens with zero attached hydrogens (tertiary/aromatic N) is 1. The number of thioether (sulfide) groups is 1. The number of hydrogen-bond donors (Lipinski definition) is 1. The van der Waals surface area contributed by atoms with Gasteiger partial charge in [-0.25, -0.2) is 0 Å². The van der Waals surface area contributed by atoms with Gasteiger partial charge in [-0.1, -0.05) is 23.9 Å². The molecule has 0 radical (unpaired) electrons. The van der Waals surface area contributed by atoms with Crippen LogP contribution in [0.5, 0.6) is 0 Å². The quantitative estimate of drug-likeness (QED) is 0.817. The first-order chi connectivity index (χ1) is 8.00. The summed E-state index contributed by atoms with van der Waals surface area (Å²) in [5, 5.41) is 9.24. The highest BCUT2D eigenvalue weighted by Crippen LogP contribution is 2.45. The first-order valence-electron chi connectivity index (χ1n) is 5.34. The lowest BCUT2D eigenvalue weighted by Crippen LogP contribution is -2.52. The van der Waals surface area contributed by atoms with E-state index in [-0.39, 0.29) is 5.91 Å². The number of para-hydroxylation sites is 1. The molecule has 0 spiro atoms. The van der Waals surface area contributed by atoms with Crippen LogP contribution in [0.25, 0.3) is 0 Å². The molecule has 1 aromatic carbocycles. The van der Waals surface area contributed by atoms with Crippen LogP contribution in [0.1, 0.15) is 13.8 Å². The second-order valence-corrected chi connectivity index (χ2v) is 5.42. The van der Waals surface area contributed by atoms with E-state index >= 15 is 0 Å². The van der Waals surface area contributed by atoms with Gasteiger partial charge in [0.15, 0.2) is 4.75 Å². The Balaban J connectivity index is 2.57. The first kappa shape index (κ1) is 12.0. The fourth-order valence-electron chi connectivity index (χ4n) is 1.85. The van der Waals surface area contributed by atoms with Crippen molar-refractivity contribution in [2.45, 2.75) is 23.5 Å². The Morgan fingerprint density at radius 2 is 2.12 bits per heavy atom. The summed E-state index contributed by atoms with van der Waals surface area (Å²) in [5.74, 6) is -1.46. The van der Waals surface area contributed by atoms with E-state index in [1.54, 1.807) is 0 Å². The molecule has 0 bridgehead atoms. The second-order valence-electron chi connectivity index (χ2n) is 3.96. The van der Waals surface area contributed by atoms with Crippen LogP contribution in [0.15, 0.2) is 29.2 Å². The molecular formula is C12H13NO3S. The molecule has 2 rings (SSSR count). The summed E-state index contributed by atoms with van der Waals surface area (Å²) in [7, 11) is 0. The van der Waals surface area contributed by atoms with E-state index in [1.807, 2.05) is 31.2 Å². The van der Waals surface area contributed by atoms with Crippen molar-refractivity contribution in [3.63, 3.8) is 0 Å². The Hall–Kier alpha value is -1.49. The van der Waals surface area contributed by atoms with Crippen LogP contribution >= 0.6 is 11.8 Å². The molecule has 5 heteroatoms. The van der Waals surface area contributed by atoms with E-state index < -0.39 is 10.7 Å². The summed E-state index contributed by atoms with van der Waals surface area (Å²) in [5.41, 5.74) is 0.795. The van der Waals surface area contributed by atoms with Gasteiger partial charge in [0.25, 0.3) is 5.91 Å². The average Bonchev–Trinajstić information content (AvgIpc) is 2.30. The molecular weight excluding hydrogens is 238 g/mol. The molecule has 0 fully saturated rings. The maximum atomic E-state index is 12.2. The van der Waals surface area contributed by atoms with Crippen LogP contribution < -0.4 is 4.90 Å². The summed E-state index contributed by atoms with van der Waals surface area (Å²) in [6.07, 6.45) is 0. The predicted molar refractivity (Wildman–Crippen MR) is 66.4 cm³/mol. The highest BCUT2D eigenvalue weighted by atomic mass is 32.2. The zero-order valence-corrected chi connectivity index (χ0v) is 10.5. The number of rotatable bonds is 2. The molecule has 1 atom stereocenters. The zero-order chi connectivity index (χ0) is 12.6. The fourth-order valence-corrected chi connectivity index (χ4v) is 3.00. The molecule has 1 aliphatic heterocycles. The Kier molecular flexibility index (Phi) is 2.87. The van der Waals surface area contributed by atoms with Crippen LogP contribution in [0.4, 0.5) is 5.69 Å². The van der Waals surface area contributed by atoms with E-state index in [9.17, 15) is 14.7 Å². The number of carbonyl (C=O) groups is 2. The Morgan fingerprint density at radius 1 is 1.47 bits per heavy atom. The van der Waals surface area contributed by atoms with Crippen LogP contribution in [-0.2, 0) is 9.59 Å². The van der Waals surface area contributed by atoms with Gasteiger partial charge in [-0.2, -0.15) is 0 Å². The zero-order valence-electron chi connectivity index (χ0n) is 9.64. The molecule has 0 unspecified atom stereocenters. The second kappa shape index (κ2) is 4.07. The molecule has 1 amide bonds. The van der Waals surface area contributed by atoms with Crippen molar-refractivity contribution in [2.75, 3.05) is 11.4 Å². The highest BCUT2D eigenvalue weighted by Gasteiger charge is 2.49. The minimum Gasteiger partial charge on any atom is -0.480 e. The van der Waals surface area contributed by atoms with E-state index in [0.29, 0.717) is 6.54 Å². The Morgan fingerprint density at radius 3 is 2.71 bits per heavy atom. The lowest BCUT2D eigenvalue weighted by Gasteiger charge is -2.36. The third-order valence-corrected chi connectivity index (χ3v) is 4.17. The molecule has 1 N–H and O–H groups in total. The van der Waals surface area contributed by atoms with Gasteiger partial charge >= 0.3 is 5.97 Å². The number of fused-ring (bicyclic) bond motifs is 1. The molecule has 0 aromatic heterocycles. The smallest absolute Gasteiger partial charge is 0.329 e. The summed E-state index contributed by atoms with van der Waals surface area (Å²) < 4.78 is -1.43. The summed E-state index contributed by atoms with van der Waals surface area (Å²) in [6.45, 7) is 3.77. The first-order valence-corrected chi connectivity index (χ1v) is 6.15. The van der Waals surface area contributed by atoms with Crippen molar-refractivity contribution in [2.24, 2.45) is 0 Å². The van der Waals surface area contributed by atoms with Gasteiger partial charge in [-0.15, -0.1) is 0 Å². The van der Waals surface area contributed by atoms with Crippen molar-refractivity contribution >= 4 is 29.3 Å². The molecule has 1 heterocycles. The number of hydrogen-bond acceptors (Lipinski definition) is 3. The number of amides is 1. The number of carbonyl (C=O) groups excluding carboxylic acids is 1. The predicted octanol–water partition coefficient (Wildman–Crippen LogP) is 1.99. The van der Waals surface area contributed by atoms with Gasteiger partial charge in [0, 0.05) is 11.4 Å². The standard InChI is InChI=1S/C12H13NO3S/c1-3-13-8-6-4-5-7-9(8)17-12(2,10(13)14)11(15)16/h4-7H,3H2,1-2H3,(H,15,16)/t12-/m0/s1. The van der Waals surface area contributed by atoms with Gasteiger partial charge in [0.1, 0.15) is 0 Å². The Labute approximate surface area is 104 Å². The van der Waals surface area contributed by atoms with Gasteiger partial charge in [-0.05, 0) is 26.0 Å². The van der Waals surface area contributed by atoms with E-state index in [1.165, 1.54) is 11.8 Å². The van der Waals surface area contributed by atoms with Crippen LogP contribution in [-0.4, -0.2) is 28.3 Å². The summed E-state index contributed by atoms with van der Waals surface area (Å²) in [4.78, 5) is 25.9. The number of anilines is 1. The highest BCUT2D eigenvalue weighted by molar-refractivity contribution is 8.02. The molecule has 4 nitrogen and oxygen atoms in total. The van der Waals surface area contributed by atoms with Gasteiger partial charge in [0.05, 0.1) is 5.69 Å². The molecule has 0 saturated heterocycles. The third kappa shape index (κ3) is 1.70. The van der Waals surface area contributed by atoms with Gasteiger partial charge < -0.3 is 10.0 Å². The molecule has 90 valence electrons. The van der Waals surface area contributed by atoms with Gasteiger partial charge in [0.2, 0.25) is 0 Å². The largest absolute Gasteiger partial charge is 0.480 e. The lowest BCUT2D eigenvalue weighted by molar-refractivity contribution is -0.143. The normalized spacial score (nSPS) is 23.4. The van der Waals surface area contributed by atoms with E-state index in [0.717, 1.165) is 22.3 Å². The van der Waals surface area contributed by atoms with Crippen LogP contribution in [0, 0.1) is 0 Å². The molecule has 1 aromatic rings. The molecule has 17 heavy (non-hydrogen) atoms. The van der Waals surface area contributed by atoms with Crippen molar-refractivity contribution in [1.29, 1.82) is 0 Å².